The zero-order chi connectivity index (χ0) is 12.8. The van der Waals surface area contributed by atoms with Gasteiger partial charge in [-0.1, -0.05) is 54.6 Å². The van der Waals surface area contributed by atoms with Crippen LogP contribution in [0.5, 0.6) is 0 Å². The van der Waals surface area contributed by atoms with Crippen molar-refractivity contribution in [3.05, 3.63) is 87.6 Å². The van der Waals surface area contributed by atoms with E-state index in [0.717, 1.165) is 23.7 Å². The van der Waals surface area contributed by atoms with Gasteiger partial charge in [0.2, 0.25) is 6.20 Å². The van der Waals surface area contributed by atoms with E-state index in [2.05, 4.69) is 0 Å². The van der Waals surface area contributed by atoms with Crippen LogP contribution in [0.1, 0.15) is 16.7 Å². The van der Waals surface area contributed by atoms with Crippen molar-refractivity contribution in [2.24, 2.45) is 0 Å². The molecule has 0 unspecified atom stereocenters. The van der Waals surface area contributed by atoms with Crippen LogP contribution in [0, 0.1) is 10.1 Å². The number of hydrogen-bond donors (Lipinski definition) is 0. The fourth-order valence-corrected chi connectivity index (χ4v) is 1.81. The second-order valence-electron chi connectivity index (χ2n) is 3.96. The smallest absolute Gasteiger partial charge is 0.235 e. The van der Waals surface area contributed by atoms with Crippen LogP contribution in [0.2, 0.25) is 0 Å². The quantitative estimate of drug-likeness (QED) is 0.605. The number of nitrogens with zero attached hydrogens (tertiary/aromatic N) is 1. The summed E-state index contributed by atoms with van der Waals surface area (Å²) in [6.07, 6.45) is 3.29. The van der Waals surface area contributed by atoms with Gasteiger partial charge < -0.3 is 0 Å². The molecule has 0 spiro atoms. The van der Waals surface area contributed by atoms with Gasteiger partial charge in [-0.25, -0.2) is 0 Å². The second kappa shape index (κ2) is 5.77. The first-order chi connectivity index (χ1) is 8.75. The molecule has 0 heterocycles. The van der Waals surface area contributed by atoms with Gasteiger partial charge in [0.05, 0.1) is 4.92 Å². The van der Waals surface area contributed by atoms with Crippen molar-refractivity contribution in [2.45, 2.75) is 6.42 Å². The summed E-state index contributed by atoms with van der Waals surface area (Å²) in [6, 6.07) is 17.8. The van der Waals surface area contributed by atoms with E-state index in [1.165, 1.54) is 11.6 Å². The lowest BCUT2D eigenvalue weighted by atomic mass is 10.00. The summed E-state index contributed by atoms with van der Waals surface area (Å²) in [5.74, 6) is 0. The van der Waals surface area contributed by atoms with Crippen molar-refractivity contribution in [3.63, 3.8) is 0 Å². The summed E-state index contributed by atoms with van der Waals surface area (Å²) < 4.78 is 0. The normalized spacial score (nSPS) is 10.7. The molecule has 0 radical (unpaired) electrons. The highest BCUT2D eigenvalue weighted by molar-refractivity contribution is 5.53. The summed E-state index contributed by atoms with van der Waals surface area (Å²) in [5, 5.41) is 10.4. The van der Waals surface area contributed by atoms with Crippen molar-refractivity contribution < 1.29 is 4.92 Å². The highest BCUT2D eigenvalue weighted by Crippen LogP contribution is 2.15. The summed E-state index contributed by atoms with van der Waals surface area (Å²) >= 11 is 0. The number of rotatable bonds is 4. The van der Waals surface area contributed by atoms with E-state index < -0.39 is 4.92 Å². The Morgan fingerprint density at radius 2 is 1.67 bits per heavy atom. The van der Waals surface area contributed by atoms with Gasteiger partial charge in [-0.3, -0.25) is 10.1 Å². The molecule has 3 nitrogen and oxygen atoms in total. The van der Waals surface area contributed by atoms with Crippen LogP contribution in [-0.4, -0.2) is 4.92 Å². The maximum absolute atomic E-state index is 10.4. The molecule has 0 aliphatic rings. The number of hydrogen-bond acceptors (Lipinski definition) is 2. The molecule has 0 fully saturated rings. The molecule has 2 aromatic carbocycles. The summed E-state index contributed by atoms with van der Waals surface area (Å²) in [4.78, 5) is 9.92. The third kappa shape index (κ3) is 3.28. The standard InChI is InChI=1S/C15H13NO2/c17-16(18)11-10-14-8-4-5-9-15(14)12-13-6-2-1-3-7-13/h1-11H,12H2/b11-10+. The van der Waals surface area contributed by atoms with E-state index >= 15 is 0 Å². The first-order valence-corrected chi connectivity index (χ1v) is 5.69. The van der Waals surface area contributed by atoms with Gasteiger partial charge in [0.25, 0.3) is 0 Å². The van der Waals surface area contributed by atoms with Crippen LogP contribution in [0.15, 0.2) is 60.8 Å². The van der Waals surface area contributed by atoms with Crippen molar-refractivity contribution in [3.8, 4) is 0 Å². The van der Waals surface area contributed by atoms with Crippen molar-refractivity contribution in [2.75, 3.05) is 0 Å². The average Bonchev–Trinajstić information content (AvgIpc) is 2.39. The van der Waals surface area contributed by atoms with Crippen LogP contribution in [0.25, 0.3) is 6.08 Å². The monoisotopic (exact) mass is 239 g/mol. The average molecular weight is 239 g/mol. The van der Waals surface area contributed by atoms with Crippen molar-refractivity contribution in [1.82, 2.24) is 0 Å². The van der Waals surface area contributed by atoms with Gasteiger partial charge in [0.15, 0.2) is 0 Å². The maximum atomic E-state index is 10.4. The zero-order valence-corrected chi connectivity index (χ0v) is 9.82. The highest BCUT2D eigenvalue weighted by atomic mass is 16.6. The Balaban J connectivity index is 2.25. The summed E-state index contributed by atoms with van der Waals surface area (Å²) in [6.45, 7) is 0. The summed E-state index contributed by atoms with van der Waals surface area (Å²) in [5.41, 5.74) is 3.17. The van der Waals surface area contributed by atoms with E-state index in [-0.39, 0.29) is 0 Å². The predicted octanol–water partition coefficient (Wildman–Crippen LogP) is 3.52. The van der Waals surface area contributed by atoms with E-state index in [9.17, 15) is 10.1 Å². The van der Waals surface area contributed by atoms with Crippen LogP contribution in [-0.2, 0) is 6.42 Å². The SMILES string of the molecule is O=[N+]([O-])/C=C/c1ccccc1Cc1ccccc1. The highest BCUT2D eigenvalue weighted by Gasteiger charge is 2.01. The Bertz CT molecular complexity index is 562. The van der Waals surface area contributed by atoms with Crippen LogP contribution in [0.4, 0.5) is 0 Å². The van der Waals surface area contributed by atoms with E-state index in [1.807, 2.05) is 54.6 Å². The Kier molecular flexibility index (Phi) is 3.86. The van der Waals surface area contributed by atoms with Crippen molar-refractivity contribution in [1.29, 1.82) is 0 Å². The molecule has 18 heavy (non-hydrogen) atoms. The minimum Gasteiger partial charge on any atom is -0.259 e. The van der Waals surface area contributed by atoms with E-state index in [1.54, 1.807) is 0 Å². The first-order valence-electron chi connectivity index (χ1n) is 5.69. The Morgan fingerprint density at radius 3 is 2.39 bits per heavy atom. The number of benzene rings is 2. The minimum absolute atomic E-state index is 0.445. The molecular weight excluding hydrogens is 226 g/mol. The van der Waals surface area contributed by atoms with Gasteiger partial charge in [0.1, 0.15) is 0 Å². The van der Waals surface area contributed by atoms with Gasteiger partial charge in [-0.15, -0.1) is 0 Å². The van der Waals surface area contributed by atoms with Gasteiger partial charge in [-0.2, -0.15) is 0 Å². The largest absolute Gasteiger partial charge is 0.259 e. The molecule has 0 amide bonds. The molecule has 0 aliphatic carbocycles. The predicted molar refractivity (Wildman–Crippen MR) is 71.7 cm³/mol. The zero-order valence-electron chi connectivity index (χ0n) is 9.82. The van der Waals surface area contributed by atoms with Gasteiger partial charge >= 0.3 is 0 Å². The topological polar surface area (TPSA) is 43.1 Å². The molecule has 0 saturated carbocycles. The van der Waals surface area contributed by atoms with Crippen LogP contribution in [0.3, 0.4) is 0 Å². The molecule has 2 aromatic rings. The third-order valence-electron chi connectivity index (χ3n) is 2.67. The fraction of sp³-hybridized carbons (Fsp3) is 0.0667. The molecule has 0 atom stereocenters. The van der Waals surface area contributed by atoms with Crippen LogP contribution >= 0.6 is 0 Å². The molecule has 0 saturated heterocycles. The molecule has 2 rings (SSSR count). The van der Waals surface area contributed by atoms with E-state index in [4.69, 9.17) is 0 Å². The summed E-state index contributed by atoms with van der Waals surface area (Å²) in [7, 11) is 0. The lowest BCUT2D eigenvalue weighted by molar-refractivity contribution is -0.400. The lowest BCUT2D eigenvalue weighted by Gasteiger charge is -2.05. The fourth-order valence-electron chi connectivity index (χ4n) is 1.81. The van der Waals surface area contributed by atoms with Gasteiger partial charge in [0, 0.05) is 6.08 Å². The molecule has 0 aromatic heterocycles. The molecular formula is C15H13NO2. The van der Waals surface area contributed by atoms with E-state index in [0.29, 0.717) is 0 Å². The second-order valence-corrected chi connectivity index (χ2v) is 3.96. The molecule has 0 N–H and O–H groups in total. The Morgan fingerprint density at radius 1 is 1.00 bits per heavy atom. The Hall–Kier alpha value is -2.42. The molecule has 90 valence electrons. The molecule has 3 heteroatoms. The molecule has 0 bridgehead atoms. The lowest BCUT2D eigenvalue weighted by Crippen LogP contribution is -1.92. The number of nitro groups is 1. The third-order valence-corrected chi connectivity index (χ3v) is 2.67. The maximum Gasteiger partial charge on any atom is 0.235 e. The Labute approximate surface area is 106 Å². The molecule has 0 aliphatic heterocycles. The van der Waals surface area contributed by atoms with Crippen LogP contribution < -0.4 is 0 Å². The minimum atomic E-state index is -0.445. The first kappa shape index (κ1) is 12.0. The van der Waals surface area contributed by atoms with Gasteiger partial charge in [-0.05, 0) is 23.1 Å². The van der Waals surface area contributed by atoms with Crippen molar-refractivity contribution >= 4 is 6.08 Å².